The number of halogens is 1. The maximum atomic E-state index is 12.0. The topological polar surface area (TPSA) is 42.2 Å². The minimum absolute atomic E-state index is 0.0842. The lowest BCUT2D eigenvalue weighted by Crippen LogP contribution is -2.27. The molecule has 0 spiro atoms. The van der Waals surface area contributed by atoms with Gasteiger partial charge < -0.3 is 9.73 Å². The Balaban J connectivity index is 2.15. The summed E-state index contributed by atoms with van der Waals surface area (Å²) in [6, 6.07) is 7.65. The van der Waals surface area contributed by atoms with E-state index in [9.17, 15) is 4.79 Å². The van der Waals surface area contributed by atoms with Crippen molar-refractivity contribution >= 4 is 17.5 Å². The number of aryl methyl sites for hydroxylation is 2. The van der Waals surface area contributed by atoms with Crippen LogP contribution in [0.4, 0.5) is 0 Å². The lowest BCUT2D eigenvalue weighted by Gasteiger charge is -2.16. The second kappa shape index (κ2) is 5.49. The molecule has 1 N–H and O–H groups in total. The summed E-state index contributed by atoms with van der Waals surface area (Å²) in [5.41, 5.74) is 3.82. The van der Waals surface area contributed by atoms with E-state index in [4.69, 9.17) is 16.0 Å². The van der Waals surface area contributed by atoms with Crippen LogP contribution in [0.3, 0.4) is 0 Å². The van der Waals surface area contributed by atoms with Crippen LogP contribution in [-0.4, -0.2) is 5.91 Å². The second-order valence-corrected chi connectivity index (χ2v) is 5.01. The van der Waals surface area contributed by atoms with Crippen molar-refractivity contribution in [3.8, 4) is 0 Å². The van der Waals surface area contributed by atoms with Crippen molar-refractivity contribution in [2.75, 3.05) is 0 Å². The Bertz CT molecular complexity index is 604. The first-order chi connectivity index (χ1) is 8.99. The maximum Gasteiger partial charge on any atom is 0.256 e. The molecule has 19 heavy (non-hydrogen) atoms. The molecule has 0 fully saturated rings. The van der Waals surface area contributed by atoms with Crippen LogP contribution in [0.25, 0.3) is 0 Å². The average molecular weight is 278 g/mol. The summed E-state index contributed by atoms with van der Waals surface area (Å²) in [5, 5.41) is 3.03. The van der Waals surface area contributed by atoms with Crippen LogP contribution in [0, 0.1) is 13.8 Å². The molecule has 0 radical (unpaired) electrons. The van der Waals surface area contributed by atoms with E-state index >= 15 is 0 Å². The minimum Gasteiger partial charge on any atom is -0.452 e. The first-order valence-corrected chi connectivity index (χ1v) is 6.48. The molecular weight excluding hydrogens is 262 g/mol. The van der Waals surface area contributed by atoms with Gasteiger partial charge >= 0.3 is 0 Å². The van der Waals surface area contributed by atoms with Gasteiger partial charge in [0.05, 0.1) is 17.9 Å². The average Bonchev–Trinajstić information content (AvgIpc) is 2.75. The summed E-state index contributed by atoms with van der Waals surface area (Å²) < 4.78 is 4.92. The van der Waals surface area contributed by atoms with Crippen LogP contribution in [0.5, 0.6) is 0 Å². The van der Waals surface area contributed by atoms with Crippen molar-refractivity contribution in [1.82, 2.24) is 5.32 Å². The first-order valence-electron chi connectivity index (χ1n) is 6.10. The Labute approximate surface area is 117 Å². The number of carbonyl (C=O) groups excluding carboxylic acids is 1. The zero-order valence-corrected chi connectivity index (χ0v) is 11.9. The zero-order chi connectivity index (χ0) is 14.0. The summed E-state index contributed by atoms with van der Waals surface area (Å²) in [6.07, 6.45) is 1.40. The molecule has 0 saturated carbocycles. The Morgan fingerprint density at radius 3 is 2.63 bits per heavy atom. The van der Waals surface area contributed by atoms with Gasteiger partial charge in [0.25, 0.3) is 5.91 Å². The van der Waals surface area contributed by atoms with Crippen molar-refractivity contribution in [2.45, 2.75) is 26.8 Å². The van der Waals surface area contributed by atoms with E-state index in [2.05, 4.69) is 11.4 Å². The van der Waals surface area contributed by atoms with Crippen LogP contribution >= 0.6 is 11.6 Å². The van der Waals surface area contributed by atoms with Crippen molar-refractivity contribution in [2.24, 2.45) is 0 Å². The Hall–Kier alpha value is -1.74. The smallest absolute Gasteiger partial charge is 0.256 e. The van der Waals surface area contributed by atoms with Crippen LogP contribution in [-0.2, 0) is 0 Å². The zero-order valence-electron chi connectivity index (χ0n) is 11.2. The predicted molar refractivity (Wildman–Crippen MR) is 75.5 cm³/mol. The molecule has 1 aromatic heterocycles. The van der Waals surface area contributed by atoms with E-state index < -0.39 is 0 Å². The summed E-state index contributed by atoms with van der Waals surface area (Å²) in [4.78, 5) is 12.0. The first kappa shape index (κ1) is 13.7. The molecular formula is C15H16ClNO2. The molecule has 100 valence electrons. The fraction of sp³-hybridized carbons (Fsp3) is 0.267. The maximum absolute atomic E-state index is 12.0. The molecule has 0 aliphatic heterocycles. The van der Waals surface area contributed by atoms with E-state index in [1.54, 1.807) is 6.07 Å². The van der Waals surface area contributed by atoms with Gasteiger partial charge in [0.15, 0.2) is 0 Å². The van der Waals surface area contributed by atoms with E-state index in [1.807, 2.05) is 32.9 Å². The summed E-state index contributed by atoms with van der Waals surface area (Å²) >= 11 is 5.79. The van der Waals surface area contributed by atoms with Crippen LogP contribution in [0.1, 0.15) is 40.0 Å². The van der Waals surface area contributed by atoms with Crippen LogP contribution in [0.2, 0.25) is 5.22 Å². The number of benzene rings is 1. The third-order valence-electron chi connectivity index (χ3n) is 3.10. The molecule has 4 heteroatoms. The fourth-order valence-corrected chi connectivity index (χ4v) is 2.32. The molecule has 2 aromatic rings. The molecule has 1 amide bonds. The lowest BCUT2D eigenvalue weighted by molar-refractivity contribution is 0.0939. The van der Waals surface area contributed by atoms with E-state index in [0.29, 0.717) is 5.56 Å². The highest BCUT2D eigenvalue weighted by molar-refractivity contribution is 6.32. The Kier molecular flexibility index (Phi) is 3.96. The number of nitrogens with one attached hydrogen (secondary N) is 1. The van der Waals surface area contributed by atoms with Gasteiger partial charge in [0.2, 0.25) is 5.22 Å². The Morgan fingerprint density at radius 1 is 1.32 bits per heavy atom. The minimum atomic E-state index is -0.230. The Morgan fingerprint density at radius 2 is 2.05 bits per heavy atom. The summed E-state index contributed by atoms with van der Waals surface area (Å²) in [5.74, 6) is -0.230. The van der Waals surface area contributed by atoms with Gasteiger partial charge in [0.1, 0.15) is 0 Å². The standard InChI is InChI=1S/C15H16ClNO2/c1-9-4-5-12(10(2)8-9)11(3)17-15(18)13-6-7-19-14(13)16/h4-8,11H,1-3H3,(H,17,18). The van der Waals surface area contributed by atoms with Gasteiger partial charge in [-0.05, 0) is 49.6 Å². The third kappa shape index (κ3) is 2.99. The number of carbonyl (C=O) groups is 1. The number of amides is 1. The van der Waals surface area contributed by atoms with Crippen molar-refractivity contribution in [3.05, 3.63) is 58.0 Å². The molecule has 0 saturated heterocycles. The van der Waals surface area contributed by atoms with Gasteiger partial charge in [-0.1, -0.05) is 23.8 Å². The quantitative estimate of drug-likeness (QED) is 0.920. The highest BCUT2D eigenvalue weighted by Crippen LogP contribution is 2.21. The molecule has 0 bridgehead atoms. The van der Waals surface area contributed by atoms with E-state index in [1.165, 1.54) is 11.8 Å². The third-order valence-corrected chi connectivity index (χ3v) is 3.39. The second-order valence-electron chi connectivity index (χ2n) is 4.66. The predicted octanol–water partition coefficient (Wildman–Crippen LogP) is 4.04. The summed E-state index contributed by atoms with van der Waals surface area (Å²) in [6.45, 7) is 6.03. The molecule has 3 nitrogen and oxygen atoms in total. The van der Waals surface area contributed by atoms with Gasteiger partial charge in [-0.3, -0.25) is 4.79 Å². The van der Waals surface area contributed by atoms with Gasteiger partial charge in [0, 0.05) is 0 Å². The monoisotopic (exact) mass is 277 g/mol. The van der Waals surface area contributed by atoms with Gasteiger partial charge in [-0.2, -0.15) is 0 Å². The van der Waals surface area contributed by atoms with Gasteiger partial charge in [-0.25, -0.2) is 0 Å². The number of hydrogen-bond acceptors (Lipinski definition) is 2. The van der Waals surface area contributed by atoms with Crippen molar-refractivity contribution in [3.63, 3.8) is 0 Å². The summed E-state index contributed by atoms with van der Waals surface area (Å²) in [7, 11) is 0. The largest absolute Gasteiger partial charge is 0.452 e. The van der Waals surface area contributed by atoms with Crippen LogP contribution in [0.15, 0.2) is 34.9 Å². The number of rotatable bonds is 3. The SMILES string of the molecule is Cc1ccc(C(C)NC(=O)c2ccoc2Cl)c(C)c1. The van der Waals surface area contributed by atoms with Crippen LogP contribution < -0.4 is 5.32 Å². The number of furan rings is 1. The molecule has 1 aromatic carbocycles. The highest BCUT2D eigenvalue weighted by Gasteiger charge is 2.17. The van der Waals surface area contributed by atoms with E-state index in [-0.39, 0.29) is 17.2 Å². The highest BCUT2D eigenvalue weighted by atomic mass is 35.5. The molecule has 0 aliphatic rings. The molecule has 1 atom stereocenters. The molecule has 0 aliphatic carbocycles. The van der Waals surface area contributed by atoms with Crippen molar-refractivity contribution in [1.29, 1.82) is 0 Å². The lowest BCUT2D eigenvalue weighted by atomic mass is 10.00. The number of hydrogen-bond donors (Lipinski definition) is 1. The molecule has 1 heterocycles. The van der Waals surface area contributed by atoms with E-state index in [0.717, 1.165) is 11.1 Å². The fourth-order valence-electron chi connectivity index (χ4n) is 2.12. The molecule has 2 rings (SSSR count). The van der Waals surface area contributed by atoms with Crippen molar-refractivity contribution < 1.29 is 9.21 Å². The molecule has 1 unspecified atom stereocenters. The van der Waals surface area contributed by atoms with Gasteiger partial charge in [-0.15, -0.1) is 0 Å². The normalized spacial score (nSPS) is 12.2.